The molecule has 1 saturated carbocycles. The Labute approximate surface area is 137 Å². The molecule has 0 bridgehead atoms. The van der Waals surface area contributed by atoms with Gasteiger partial charge in [0.25, 0.3) is 0 Å². The number of alkyl halides is 3. The lowest BCUT2D eigenvalue weighted by molar-refractivity contribution is -0.137. The van der Waals surface area contributed by atoms with Crippen LogP contribution >= 0.6 is 0 Å². The van der Waals surface area contributed by atoms with Crippen LogP contribution in [0.2, 0.25) is 0 Å². The monoisotopic (exact) mass is 342 g/mol. The third kappa shape index (κ3) is 4.55. The van der Waals surface area contributed by atoms with Gasteiger partial charge in [-0.2, -0.15) is 18.2 Å². The minimum absolute atomic E-state index is 0.0492. The van der Waals surface area contributed by atoms with E-state index in [1.165, 1.54) is 19.1 Å². The Bertz CT molecular complexity index is 643. The fourth-order valence-corrected chi connectivity index (χ4v) is 2.19. The second-order valence-electron chi connectivity index (χ2n) is 5.58. The van der Waals surface area contributed by atoms with Gasteiger partial charge in [-0.3, -0.25) is 5.21 Å². The highest BCUT2D eigenvalue weighted by molar-refractivity contribution is 5.71. The smallest absolute Gasteiger partial charge is 0.416 e. The number of benzene rings is 1. The van der Waals surface area contributed by atoms with Crippen LogP contribution in [0.1, 0.15) is 25.3 Å². The van der Waals surface area contributed by atoms with E-state index in [9.17, 15) is 23.2 Å². The van der Waals surface area contributed by atoms with Crippen molar-refractivity contribution < 1.29 is 27.9 Å². The maximum absolute atomic E-state index is 12.5. The minimum atomic E-state index is -4.36. The SMILES string of the molecule is CC(C#C[C@H]1C[C@@H](Oc2ccc(C(F)(F)F)cc2)C1)N(O)C(N)=O. The summed E-state index contributed by atoms with van der Waals surface area (Å²) < 4.78 is 43.0. The van der Waals surface area contributed by atoms with Crippen LogP contribution in [-0.2, 0) is 6.18 Å². The summed E-state index contributed by atoms with van der Waals surface area (Å²) in [4.78, 5) is 10.8. The number of hydroxylamine groups is 2. The molecule has 1 unspecified atom stereocenters. The molecule has 24 heavy (non-hydrogen) atoms. The van der Waals surface area contributed by atoms with E-state index in [0.717, 1.165) is 12.1 Å². The van der Waals surface area contributed by atoms with Crippen LogP contribution in [0, 0.1) is 17.8 Å². The molecule has 1 fully saturated rings. The summed E-state index contributed by atoms with van der Waals surface area (Å²) >= 11 is 0. The van der Waals surface area contributed by atoms with Crippen LogP contribution < -0.4 is 10.5 Å². The van der Waals surface area contributed by atoms with Crippen molar-refractivity contribution in [1.29, 1.82) is 0 Å². The average molecular weight is 342 g/mol. The molecule has 0 aliphatic heterocycles. The highest BCUT2D eigenvalue weighted by atomic mass is 19.4. The highest BCUT2D eigenvalue weighted by Gasteiger charge is 2.32. The van der Waals surface area contributed by atoms with Gasteiger partial charge in [-0.15, -0.1) is 0 Å². The summed E-state index contributed by atoms with van der Waals surface area (Å²) in [6.45, 7) is 1.53. The number of primary amides is 1. The van der Waals surface area contributed by atoms with E-state index in [1.807, 2.05) is 0 Å². The first kappa shape index (κ1) is 17.9. The third-order valence-corrected chi connectivity index (χ3v) is 3.67. The molecule has 8 heteroatoms. The maximum Gasteiger partial charge on any atom is 0.416 e. The van der Waals surface area contributed by atoms with Crippen molar-refractivity contribution in [2.24, 2.45) is 11.7 Å². The van der Waals surface area contributed by atoms with Crippen molar-refractivity contribution in [3.63, 3.8) is 0 Å². The van der Waals surface area contributed by atoms with Crippen molar-refractivity contribution in [3.8, 4) is 17.6 Å². The Morgan fingerprint density at radius 2 is 1.96 bits per heavy atom. The zero-order valence-electron chi connectivity index (χ0n) is 12.9. The topological polar surface area (TPSA) is 75.8 Å². The molecule has 0 aromatic heterocycles. The number of ether oxygens (including phenoxy) is 1. The van der Waals surface area contributed by atoms with Gasteiger partial charge in [0.15, 0.2) is 0 Å². The first-order chi connectivity index (χ1) is 11.2. The van der Waals surface area contributed by atoms with Crippen LogP contribution in [0.4, 0.5) is 18.0 Å². The van der Waals surface area contributed by atoms with Crippen molar-refractivity contribution >= 4 is 6.03 Å². The Morgan fingerprint density at radius 3 is 2.46 bits per heavy atom. The van der Waals surface area contributed by atoms with Gasteiger partial charge < -0.3 is 10.5 Å². The molecule has 1 aliphatic rings. The molecule has 2 amide bonds. The van der Waals surface area contributed by atoms with E-state index >= 15 is 0 Å². The molecule has 0 heterocycles. The Morgan fingerprint density at radius 1 is 1.38 bits per heavy atom. The summed E-state index contributed by atoms with van der Waals surface area (Å²) in [5.41, 5.74) is 4.20. The molecule has 0 radical (unpaired) electrons. The number of carbonyl (C=O) groups is 1. The van der Waals surface area contributed by atoms with E-state index in [-0.39, 0.29) is 12.0 Å². The molecule has 2 rings (SSSR count). The standard InChI is InChI=1S/C16H17F3N2O3/c1-10(21(23)15(20)22)2-3-11-8-14(9-11)24-13-6-4-12(5-7-13)16(17,18)19/h4-7,10-11,14,23H,8-9H2,1H3,(H2,20,22)/t10?,11-,14+. The summed E-state index contributed by atoms with van der Waals surface area (Å²) in [6, 6.07) is 2.85. The fourth-order valence-electron chi connectivity index (χ4n) is 2.19. The van der Waals surface area contributed by atoms with Gasteiger partial charge in [-0.25, -0.2) is 4.79 Å². The zero-order chi connectivity index (χ0) is 17.9. The number of carbonyl (C=O) groups excluding carboxylic acids is 1. The zero-order valence-corrected chi connectivity index (χ0v) is 12.9. The van der Waals surface area contributed by atoms with Gasteiger partial charge in [0, 0.05) is 5.92 Å². The Hall–Kier alpha value is -2.40. The Balaban J connectivity index is 1.80. The number of halogens is 3. The van der Waals surface area contributed by atoms with Gasteiger partial charge in [0.05, 0.1) is 5.56 Å². The fraction of sp³-hybridized carbons (Fsp3) is 0.438. The van der Waals surface area contributed by atoms with Gasteiger partial charge in [0.1, 0.15) is 17.9 Å². The van der Waals surface area contributed by atoms with Gasteiger partial charge in [-0.1, -0.05) is 11.8 Å². The van der Waals surface area contributed by atoms with Crippen LogP contribution in [-0.4, -0.2) is 28.4 Å². The molecular weight excluding hydrogens is 325 g/mol. The van der Waals surface area contributed by atoms with E-state index < -0.39 is 23.8 Å². The van der Waals surface area contributed by atoms with Crippen LogP contribution in [0.5, 0.6) is 5.75 Å². The second kappa shape index (κ2) is 7.01. The summed E-state index contributed by atoms with van der Waals surface area (Å²) in [5.74, 6) is 6.06. The molecule has 1 atom stereocenters. The van der Waals surface area contributed by atoms with Crippen molar-refractivity contribution in [1.82, 2.24) is 5.06 Å². The summed E-state index contributed by atoms with van der Waals surface area (Å²) in [7, 11) is 0. The minimum Gasteiger partial charge on any atom is -0.490 e. The molecule has 1 aromatic carbocycles. The summed E-state index contributed by atoms with van der Waals surface area (Å²) in [6.07, 6.45) is -3.22. The highest BCUT2D eigenvalue weighted by Crippen LogP contribution is 2.33. The number of nitrogens with two attached hydrogens (primary N) is 1. The van der Waals surface area contributed by atoms with E-state index in [0.29, 0.717) is 23.7 Å². The first-order valence-corrected chi connectivity index (χ1v) is 7.29. The number of urea groups is 1. The lowest BCUT2D eigenvalue weighted by atomic mass is 9.82. The largest absolute Gasteiger partial charge is 0.490 e. The number of hydrogen-bond acceptors (Lipinski definition) is 3. The van der Waals surface area contributed by atoms with Crippen molar-refractivity contribution in [3.05, 3.63) is 29.8 Å². The van der Waals surface area contributed by atoms with E-state index in [2.05, 4.69) is 11.8 Å². The predicted octanol–water partition coefficient (Wildman–Crippen LogP) is 3.02. The first-order valence-electron chi connectivity index (χ1n) is 7.29. The lowest BCUT2D eigenvalue weighted by Crippen LogP contribution is -2.39. The number of nitrogens with zero attached hydrogens (tertiary/aromatic N) is 1. The molecule has 5 nitrogen and oxygen atoms in total. The number of rotatable bonds is 3. The Kier molecular flexibility index (Phi) is 5.24. The molecule has 1 aromatic rings. The molecular formula is C16H17F3N2O3. The van der Waals surface area contributed by atoms with Crippen LogP contribution in [0.25, 0.3) is 0 Å². The van der Waals surface area contributed by atoms with E-state index in [1.54, 1.807) is 0 Å². The molecule has 1 aliphatic carbocycles. The van der Waals surface area contributed by atoms with Crippen LogP contribution in [0.3, 0.4) is 0 Å². The summed E-state index contributed by atoms with van der Waals surface area (Å²) in [5, 5.41) is 9.63. The third-order valence-electron chi connectivity index (χ3n) is 3.67. The second-order valence-corrected chi connectivity index (χ2v) is 5.58. The van der Waals surface area contributed by atoms with Gasteiger partial charge in [-0.05, 0) is 44.0 Å². The van der Waals surface area contributed by atoms with E-state index in [4.69, 9.17) is 10.5 Å². The molecule has 3 N–H and O–H groups in total. The normalized spacial score (nSPS) is 21.0. The lowest BCUT2D eigenvalue weighted by Gasteiger charge is -2.32. The number of amides is 2. The van der Waals surface area contributed by atoms with Crippen molar-refractivity contribution in [2.45, 2.75) is 38.1 Å². The quantitative estimate of drug-likeness (QED) is 0.504. The molecule has 130 valence electrons. The molecule has 0 spiro atoms. The molecule has 0 saturated heterocycles. The predicted molar refractivity (Wildman–Crippen MR) is 79.0 cm³/mol. The van der Waals surface area contributed by atoms with Crippen LogP contribution in [0.15, 0.2) is 24.3 Å². The van der Waals surface area contributed by atoms with Gasteiger partial charge >= 0.3 is 12.2 Å². The van der Waals surface area contributed by atoms with Crippen molar-refractivity contribution in [2.75, 3.05) is 0 Å². The number of hydrogen-bond donors (Lipinski definition) is 2. The maximum atomic E-state index is 12.5. The van der Waals surface area contributed by atoms with Gasteiger partial charge in [0.2, 0.25) is 0 Å². The average Bonchev–Trinajstić information content (AvgIpc) is 2.47.